The lowest BCUT2D eigenvalue weighted by atomic mass is 9.91. The van der Waals surface area contributed by atoms with E-state index in [4.69, 9.17) is 0 Å². The molecule has 0 saturated carbocycles. The van der Waals surface area contributed by atoms with Crippen molar-refractivity contribution in [3.05, 3.63) is 0 Å². The van der Waals surface area contributed by atoms with E-state index in [9.17, 15) is 19.8 Å². The number of carbonyl (C=O) groups is 2. The molecule has 0 radical (unpaired) electrons. The number of amides is 2. The van der Waals surface area contributed by atoms with Gasteiger partial charge in [-0.15, -0.1) is 0 Å². The third-order valence-electron chi connectivity index (χ3n) is 3.30. The number of rotatable bonds is 3. The number of urea groups is 1. The molecule has 0 aromatic carbocycles. The van der Waals surface area contributed by atoms with Crippen LogP contribution in [0.5, 0.6) is 0 Å². The van der Waals surface area contributed by atoms with Gasteiger partial charge in [0.05, 0.1) is 6.10 Å². The first-order valence-electron chi connectivity index (χ1n) is 6.27. The molecule has 3 atom stereocenters. The Labute approximate surface area is 107 Å². The molecule has 1 fully saturated rings. The number of carboxylic acid groups (broad SMARTS) is 1. The van der Waals surface area contributed by atoms with E-state index >= 15 is 0 Å². The molecule has 6 heteroatoms. The molecule has 1 aliphatic rings. The topological polar surface area (TPSA) is 81.1 Å². The molecule has 6 nitrogen and oxygen atoms in total. The molecule has 3 unspecified atom stereocenters. The number of carboxylic acids is 1. The van der Waals surface area contributed by atoms with E-state index in [-0.39, 0.29) is 18.5 Å². The SMILES string of the molecule is CC(O)CN(C)C(=O)N1CCCC(C)C1C(=O)O. The van der Waals surface area contributed by atoms with Gasteiger partial charge in [-0.1, -0.05) is 6.92 Å². The second kappa shape index (κ2) is 6.04. The molecule has 0 aromatic heterocycles. The van der Waals surface area contributed by atoms with Gasteiger partial charge in [0.25, 0.3) is 0 Å². The maximum atomic E-state index is 12.2. The van der Waals surface area contributed by atoms with Crippen LogP contribution in [-0.4, -0.2) is 64.3 Å². The first kappa shape index (κ1) is 14.8. The van der Waals surface area contributed by atoms with Crippen LogP contribution in [0.3, 0.4) is 0 Å². The second-order valence-electron chi connectivity index (χ2n) is 5.11. The van der Waals surface area contributed by atoms with Gasteiger partial charge in [0.15, 0.2) is 0 Å². The minimum atomic E-state index is -0.957. The van der Waals surface area contributed by atoms with Crippen LogP contribution in [0.25, 0.3) is 0 Å². The summed E-state index contributed by atoms with van der Waals surface area (Å²) in [5.74, 6) is -0.999. The largest absolute Gasteiger partial charge is 0.480 e. The van der Waals surface area contributed by atoms with Gasteiger partial charge in [0, 0.05) is 20.1 Å². The highest BCUT2D eigenvalue weighted by Gasteiger charge is 2.38. The Morgan fingerprint density at radius 3 is 2.61 bits per heavy atom. The van der Waals surface area contributed by atoms with Crippen LogP contribution >= 0.6 is 0 Å². The second-order valence-corrected chi connectivity index (χ2v) is 5.11. The van der Waals surface area contributed by atoms with Crippen molar-refractivity contribution in [3.8, 4) is 0 Å². The Kier molecular flexibility index (Phi) is 4.95. The van der Waals surface area contributed by atoms with E-state index in [0.717, 1.165) is 12.8 Å². The molecule has 0 spiro atoms. The lowest BCUT2D eigenvalue weighted by Gasteiger charge is -2.39. The minimum absolute atomic E-state index is 0.0415. The van der Waals surface area contributed by atoms with Crippen molar-refractivity contribution in [1.82, 2.24) is 9.80 Å². The van der Waals surface area contributed by atoms with Crippen molar-refractivity contribution in [3.63, 3.8) is 0 Å². The molecular weight excluding hydrogens is 236 g/mol. The number of aliphatic hydroxyl groups excluding tert-OH is 1. The van der Waals surface area contributed by atoms with E-state index in [1.165, 1.54) is 9.80 Å². The molecule has 1 heterocycles. The summed E-state index contributed by atoms with van der Waals surface area (Å²) in [4.78, 5) is 26.2. The van der Waals surface area contributed by atoms with E-state index in [2.05, 4.69) is 0 Å². The molecule has 18 heavy (non-hydrogen) atoms. The van der Waals surface area contributed by atoms with Gasteiger partial charge in [0.1, 0.15) is 6.04 Å². The Morgan fingerprint density at radius 1 is 1.50 bits per heavy atom. The predicted molar refractivity (Wildman–Crippen MR) is 66.2 cm³/mol. The summed E-state index contributed by atoms with van der Waals surface area (Å²) >= 11 is 0. The highest BCUT2D eigenvalue weighted by Crippen LogP contribution is 2.24. The first-order valence-corrected chi connectivity index (χ1v) is 6.27. The van der Waals surface area contributed by atoms with Crippen LogP contribution in [0.4, 0.5) is 4.79 Å². The van der Waals surface area contributed by atoms with Crippen molar-refractivity contribution in [2.24, 2.45) is 5.92 Å². The van der Waals surface area contributed by atoms with Crippen LogP contribution in [0.1, 0.15) is 26.7 Å². The normalized spacial score (nSPS) is 25.7. The number of aliphatic hydroxyl groups is 1. The summed E-state index contributed by atoms with van der Waals surface area (Å²) in [5, 5.41) is 18.5. The van der Waals surface area contributed by atoms with Crippen molar-refractivity contribution in [2.45, 2.75) is 38.8 Å². The average Bonchev–Trinajstić information content (AvgIpc) is 2.26. The first-order chi connectivity index (χ1) is 8.34. The van der Waals surface area contributed by atoms with E-state index in [0.29, 0.717) is 6.54 Å². The Morgan fingerprint density at radius 2 is 2.11 bits per heavy atom. The van der Waals surface area contributed by atoms with Gasteiger partial charge in [-0.05, 0) is 25.7 Å². The summed E-state index contributed by atoms with van der Waals surface area (Å²) in [6.07, 6.45) is 1.02. The average molecular weight is 258 g/mol. The smallest absolute Gasteiger partial charge is 0.326 e. The van der Waals surface area contributed by atoms with Crippen LogP contribution in [-0.2, 0) is 4.79 Å². The van der Waals surface area contributed by atoms with E-state index < -0.39 is 18.1 Å². The van der Waals surface area contributed by atoms with Gasteiger partial charge < -0.3 is 20.0 Å². The fourth-order valence-corrected chi connectivity index (χ4v) is 2.47. The van der Waals surface area contributed by atoms with Crippen LogP contribution in [0.15, 0.2) is 0 Å². The monoisotopic (exact) mass is 258 g/mol. The number of piperidine rings is 1. The number of hydrogen-bond acceptors (Lipinski definition) is 3. The van der Waals surface area contributed by atoms with Gasteiger partial charge in [-0.2, -0.15) is 0 Å². The molecule has 2 N–H and O–H groups in total. The quantitative estimate of drug-likeness (QED) is 0.777. The minimum Gasteiger partial charge on any atom is -0.480 e. The number of carbonyl (C=O) groups excluding carboxylic acids is 1. The molecule has 2 amide bonds. The van der Waals surface area contributed by atoms with Crippen LogP contribution < -0.4 is 0 Å². The summed E-state index contributed by atoms with van der Waals surface area (Å²) in [7, 11) is 1.58. The van der Waals surface area contributed by atoms with Gasteiger partial charge >= 0.3 is 12.0 Å². The lowest BCUT2D eigenvalue weighted by molar-refractivity contribution is -0.145. The summed E-state index contributed by atoms with van der Waals surface area (Å²) in [6, 6.07) is -1.09. The maximum absolute atomic E-state index is 12.2. The number of likely N-dealkylation sites (N-methyl/N-ethyl adjacent to an activating group) is 1. The number of nitrogens with zero attached hydrogens (tertiary/aromatic N) is 2. The van der Waals surface area contributed by atoms with Crippen molar-refractivity contribution in [1.29, 1.82) is 0 Å². The number of likely N-dealkylation sites (tertiary alicyclic amines) is 1. The zero-order valence-electron chi connectivity index (χ0n) is 11.2. The Hall–Kier alpha value is -1.30. The van der Waals surface area contributed by atoms with Crippen molar-refractivity contribution < 1.29 is 19.8 Å². The summed E-state index contributed by atoms with van der Waals surface area (Å²) < 4.78 is 0. The van der Waals surface area contributed by atoms with Crippen molar-refractivity contribution in [2.75, 3.05) is 20.1 Å². The third kappa shape index (κ3) is 3.35. The third-order valence-corrected chi connectivity index (χ3v) is 3.30. The molecule has 1 aliphatic heterocycles. The fraction of sp³-hybridized carbons (Fsp3) is 0.833. The molecule has 1 rings (SSSR count). The summed E-state index contributed by atoms with van der Waals surface area (Å²) in [5.41, 5.74) is 0. The Bertz CT molecular complexity index is 319. The lowest BCUT2D eigenvalue weighted by Crippen LogP contribution is -2.55. The maximum Gasteiger partial charge on any atom is 0.326 e. The zero-order valence-corrected chi connectivity index (χ0v) is 11.2. The predicted octanol–water partition coefficient (Wildman–Crippen LogP) is 0.604. The molecule has 0 aliphatic carbocycles. The molecule has 0 aromatic rings. The highest BCUT2D eigenvalue weighted by atomic mass is 16.4. The molecule has 1 saturated heterocycles. The van der Waals surface area contributed by atoms with Crippen molar-refractivity contribution >= 4 is 12.0 Å². The summed E-state index contributed by atoms with van der Waals surface area (Å²) in [6.45, 7) is 4.12. The zero-order chi connectivity index (χ0) is 13.9. The molecule has 104 valence electrons. The fourth-order valence-electron chi connectivity index (χ4n) is 2.47. The van der Waals surface area contributed by atoms with Gasteiger partial charge in [0.2, 0.25) is 0 Å². The van der Waals surface area contributed by atoms with Gasteiger partial charge in [-0.3, -0.25) is 0 Å². The van der Waals surface area contributed by atoms with E-state index in [1.807, 2.05) is 6.92 Å². The Balaban J connectivity index is 2.78. The van der Waals surface area contributed by atoms with E-state index in [1.54, 1.807) is 14.0 Å². The van der Waals surface area contributed by atoms with Crippen LogP contribution in [0, 0.1) is 5.92 Å². The van der Waals surface area contributed by atoms with Crippen LogP contribution in [0.2, 0.25) is 0 Å². The molecular formula is C12H22N2O4. The number of hydrogen-bond donors (Lipinski definition) is 2. The highest BCUT2D eigenvalue weighted by molar-refractivity contribution is 5.83. The molecule has 0 bridgehead atoms. The standard InChI is InChI=1S/C12H22N2O4/c1-8-5-4-6-14(10(8)11(16)17)12(18)13(3)7-9(2)15/h8-10,15H,4-7H2,1-3H3,(H,16,17). The number of aliphatic carboxylic acids is 1. The van der Waals surface area contributed by atoms with Gasteiger partial charge in [-0.25, -0.2) is 9.59 Å².